The predicted molar refractivity (Wildman–Crippen MR) is 155 cm³/mol. The van der Waals surface area contributed by atoms with Crippen LogP contribution in [-0.4, -0.2) is 54.6 Å². The summed E-state index contributed by atoms with van der Waals surface area (Å²) in [5.41, 5.74) is 3.22. The first-order chi connectivity index (χ1) is 19.2. The minimum Gasteiger partial charge on any atom is -0.378 e. The number of para-hydroxylation sites is 1. The first-order valence-corrected chi connectivity index (χ1v) is 13.6. The molecule has 8 heteroatoms. The summed E-state index contributed by atoms with van der Waals surface area (Å²) < 4.78 is 0. The molecule has 5 rings (SSSR count). The zero-order valence-corrected chi connectivity index (χ0v) is 23.1. The van der Waals surface area contributed by atoms with Crippen molar-refractivity contribution in [3.8, 4) is 0 Å². The highest BCUT2D eigenvalue weighted by atomic mass is 16.2. The molecule has 0 unspecified atom stereocenters. The molecule has 3 aromatic rings. The Hall–Kier alpha value is -4.46. The summed E-state index contributed by atoms with van der Waals surface area (Å²) in [6.07, 6.45) is 2.62. The number of fused-ring (bicyclic) bond motifs is 1. The van der Waals surface area contributed by atoms with Crippen LogP contribution in [0.2, 0.25) is 0 Å². The number of amides is 3. The summed E-state index contributed by atoms with van der Waals surface area (Å²) in [5, 5.41) is 3.07. The maximum Gasteiger partial charge on any atom is 0.299 e. The average molecular weight is 539 g/mol. The number of hydrogen-bond donors (Lipinski definition) is 1. The van der Waals surface area contributed by atoms with Crippen molar-refractivity contribution in [1.82, 2.24) is 4.90 Å². The summed E-state index contributed by atoms with van der Waals surface area (Å²) in [7, 11) is 3.90. The highest BCUT2D eigenvalue weighted by molar-refractivity contribution is 6.52. The number of ketones is 1. The molecule has 0 atom stereocenters. The molecule has 0 aromatic heterocycles. The number of anilines is 3. The zero-order chi connectivity index (χ0) is 28.4. The number of nitrogens with one attached hydrogen (secondary N) is 1. The first kappa shape index (κ1) is 27.1. The van der Waals surface area contributed by atoms with Gasteiger partial charge in [0.25, 0.3) is 11.7 Å². The highest BCUT2D eigenvalue weighted by Crippen LogP contribution is 2.39. The molecule has 1 aliphatic carbocycles. The van der Waals surface area contributed by atoms with Crippen LogP contribution in [-0.2, 0) is 20.9 Å². The third-order valence-electron chi connectivity index (χ3n) is 8.07. The summed E-state index contributed by atoms with van der Waals surface area (Å²) in [5.74, 6) is -1.96. The van der Waals surface area contributed by atoms with E-state index in [2.05, 4.69) is 5.32 Å². The molecule has 0 radical (unpaired) electrons. The fraction of sp³-hybridized carbons (Fsp3) is 0.312. The summed E-state index contributed by atoms with van der Waals surface area (Å²) in [6.45, 7) is 1.88. The van der Waals surface area contributed by atoms with Gasteiger partial charge in [-0.25, -0.2) is 0 Å². The largest absolute Gasteiger partial charge is 0.378 e. The number of carbonyl (C=O) groups excluding carboxylic acids is 4. The number of aryl methyl sites for hydroxylation is 1. The molecule has 40 heavy (non-hydrogen) atoms. The van der Waals surface area contributed by atoms with Gasteiger partial charge in [-0.1, -0.05) is 49.2 Å². The topological polar surface area (TPSA) is 90.0 Å². The molecule has 1 saturated carbocycles. The standard InChI is InChI=1S/C32H34N4O4/c1-22-10-4-5-11-23(22)20-36(28(37)21-35-27-13-7-6-12-26(27)29(38)30(35)39)32(18-8-9-19-32)31(40)33-24-14-16-25(17-15-24)34(2)3/h4-7,10-17H,8-9,18-21H2,1-3H3,(H,33,40). The molecule has 0 saturated heterocycles. The number of benzene rings is 3. The van der Waals surface area contributed by atoms with Crippen LogP contribution in [0.5, 0.6) is 0 Å². The number of rotatable bonds is 8. The van der Waals surface area contributed by atoms with Crippen LogP contribution in [0.3, 0.4) is 0 Å². The molecular formula is C32H34N4O4. The third kappa shape index (κ3) is 4.97. The van der Waals surface area contributed by atoms with Gasteiger partial charge in [0.2, 0.25) is 11.8 Å². The molecular weight excluding hydrogens is 504 g/mol. The van der Waals surface area contributed by atoms with Gasteiger partial charge in [-0.3, -0.25) is 24.1 Å². The maximum absolute atomic E-state index is 14.2. The van der Waals surface area contributed by atoms with E-state index in [1.54, 1.807) is 29.2 Å². The Labute approximate surface area is 234 Å². The van der Waals surface area contributed by atoms with Crippen molar-refractivity contribution in [2.45, 2.75) is 44.7 Å². The molecule has 3 amide bonds. The Balaban J connectivity index is 1.49. The highest BCUT2D eigenvalue weighted by Gasteiger charge is 2.49. The molecule has 3 aromatic carbocycles. The van der Waals surface area contributed by atoms with Gasteiger partial charge >= 0.3 is 0 Å². The van der Waals surface area contributed by atoms with Crippen LogP contribution in [0, 0.1) is 6.92 Å². The minimum absolute atomic E-state index is 0.218. The molecule has 0 bridgehead atoms. The van der Waals surface area contributed by atoms with Crippen molar-refractivity contribution in [2.24, 2.45) is 0 Å². The van der Waals surface area contributed by atoms with Gasteiger partial charge in [-0.2, -0.15) is 0 Å². The van der Waals surface area contributed by atoms with Crippen LogP contribution in [0.1, 0.15) is 47.2 Å². The summed E-state index contributed by atoms with van der Waals surface area (Å²) in [6, 6.07) is 22.1. The first-order valence-electron chi connectivity index (χ1n) is 13.6. The SMILES string of the molecule is Cc1ccccc1CN(C(=O)CN1C(=O)C(=O)c2ccccc21)C1(C(=O)Nc2ccc(N(C)C)cc2)CCCC1. The quantitative estimate of drug-likeness (QED) is 0.425. The Morgan fingerprint density at radius 3 is 2.23 bits per heavy atom. The van der Waals surface area contributed by atoms with Gasteiger partial charge in [0.05, 0.1) is 11.3 Å². The van der Waals surface area contributed by atoms with E-state index in [4.69, 9.17) is 0 Å². The van der Waals surface area contributed by atoms with E-state index in [1.807, 2.05) is 74.4 Å². The number of nitrogens with zero attached hydrogens (tertiary/aromatic N) is 3. The van der Waals surface area contributed by atoms with Crippen LogP contribution >= 0.6 is 0 Å². The van der Waals surface area contributed by atoms with E-state index >= 15 is 0 Å². The maximum atomic E-state index is 14.2. The van der Waals surface area contributed by atoms with Crippen LogP contribution in [0.4, 0.5) is 17.1 Å². The van der Waals surface area contributed by atoms with Crippen molar-refractivity contribution in [2.75, 3.05) is 35.8 Å². The number of hydrogen-bond acceptors (Lipinski definition) is 5. The molecule has 1 N–H and O–H groups in total. The number of carbonyl (C=O) groups is 4. The van der Waals surface area contributed by atoms with Crippen LogP contribution in [0.15, 0.2) is 72.8 Å². The van der Waals surface area contributed by atoms with Gasteiger partial charge < -0.3 is 15.1 Å². The Bertz CT molecular complexity index is 1460. The van der Waals surface area contributed by atoms with Crippen LogP contribution < -0.4 is 15.1 Å². The minimum atomic E-state index is -1.09. The molecule has 1 heterocycles. The van der Waals surface area contributed by atoms with Gasteiger partial charge in [-0.15, -0.1) is 0 Å². The zero-order valence-electron chi connectivity index (χ0n) is 23.1. The van der Waals surface area contributed by atoms with Gasteiger partial charge in [-0.05, 0) is 67.3 Å². The summed E-state index contributed by atoms with van der Waals surface area (Å²) in [4.78, 5) is 58.6. The van der Waals surface area contributed by atoms with E-state index < -0.39 is 17.2 Å². The molecule has 1 fully saturated rings. The molecule has 8 nitrogen and oxygen atoms in total. The lowest BCUT2D eigenvalue weighted by Crippen LogP contribution is -2.59. The predicted octanol–water partition coefficient (Wildman–Crippen LogP) is 4.57. The lowest BCUT2D eigenvalue weighted by molar-refractivity contribution is -0.145. The molecule has 1 aliphatic heterocycles. The Morgan fingerprint density at radius 2 is 1.55 bits per heavy atom. The normalized spacial score (nSPS) is 15.6. The Kier molecular flexibility index (Phi) is 7.43. The van der Waals surface area contributed by atoms with Gasteiger partial charge in [0, 0.05) is 32.0 Å². The van der Waals surface area contributed by atoms with Crippen molar-refractivity contribution in [1.29, 1.82) is 0 Å². The van der Waals surface area contributed by atoms with E-state index in [-0.39, 0.29) is 24.9 Å². The number of Topliss-reactive ketones (excluding diaryl/α,β-unsaturated/α-hetero) is 1. The fourth-order valence-corrected chi connectivity index (χ4v) is 5.73. The smallest absolute Gasteiger partial charge is 0.299 e. The van der Waals surface area contributed by atoms with E-state index in [1.165, 1.54) is 4.90 Å². The van der Waals surface area contributed by atoms with Gasteiger partial charge in [0.1, 0.15) is 12.1 Å². The van der Waals surface area contributed by atoms with Crippen LogP contribution in [0.25, 0.3) is 0 Å². The van der Waals surface area contributed by atoms with E-state index in [0.29, 0.717) is 29.8 Å². The molecule has 0 spiro atoms. The van der Waals surface area contributed by atoms with Gasteiger partial charge in [0.15, 0.2) is 0 Å². The van der Waals surface area contributed by atoms with Crippen molar-refractivity contribution >= 4 is 40.6 Å². The lowest BCUT2D eigenvalue weighted by Gasteiger charge is -2.41. The van der Waals surface area contributed by atoms with E-state index in [0.717, 1.165) is 29.7 Å². The second-order valence-corrected chi connectivity index (χ2v) is 10.8. The van der Waals surface area contributed by atoms with Crippen molar-refractivity contribution in [3.63, 3.8) is 0 Å². The fourth-order valence-electron chi connectivity index (χ4n) is 5.73. The lowest BCUT2D eigenvalue weighted by atomic mass is 9.91. The van der Waals surface area contributed by atoms with Crippen molar-refractivity contribution < 1.29 is 19.2 Å². The van der Waals surface area contributed by atoms with E-state index in [9.17, 15) is 19.2 Å². The Morgan fingerprint density at radius 1 is 0.900 bits per heavy atom. The molecule has 206 valence electrons. The summed E-state index contributed by atoms with van der Waals surface area (Å²) >= 11 is 0. The molecule has 2 aliphatic rings. The second kappa shape index (κ2) is 11.0. The van der Waals surface area contributed by atoms with Crippen molar-refractivity contribution in [3.05, 3.63) is 89.5 Å². The monoisotopic (exact) mass is 538 g/mol. The third-order valence-corrected chi connectivity index (χ3v) is 8.07. The second-order valence-electron chi connectivity index (χ2n) is 10.8. The average Bonchev–Trinajstić information content (AvgIpc) is 3.54.